The highest BCUT2D eigenvalue weighted by molar-refractivity contribution is 6.33. The predicted molar refractivity (Wildman–Crippen MR) is 112 cm³/mol. The van der Waals surface area contributed by atoms with Gasteiger partial charge in [0.25, 0.3) is 0 Å². The van der Waals surface area contributed by atoms with Crippen LogP contribution >= 0.6 is 23.2 Å². The van der Waals surface area contributed by atoms with Gasteiger partial charge >= 0.3 is 0 Å². The number of para-hydroxylation sites is 2. The number of anilines is 1. The first-order valence-corrected chi connectivity index (χ1v) is 9.43. The van der Waals surface area contributed by atoms with E-state index in [-0.39, 0.29) is 6.04 Å². The summed E-state index contributed by atoms with van der Waals surface area (Å²) >= 11 is 12.7. The Bertz CT molecular complexity index is 1000. The lowest BCUT2D eigenvalue weighted by Crippen LogP contribution is -2.18. The van der Waals surface area contributed by atoms with E-state index in [1.54, 1.807) is 7.11 Å². The molecule has 0 bridgehead atoms. The monoisotopic (exact) mass is 396 g/mol. The molecule has 1 aliphatic heterocycles. The average molecular weight is 397 g/mol. The quantitative estimate of drug-likeness (QED) is 0.512. The van der Waals surface area contributed by atoms with E-state index in [9.17, 15) is 0 Å². The molecule has 0 spiro atoms. The van der Waals surface area contributed by atoms with E-state index in [4.69, 9.17) is 33.0 Å². The zero-order valence-electron chi connectivity index (χ0n) is 14.8. The van der Waals surface area contributed by atoms with E-state index in [0.717, 1.165) is 34.7 Å². The van der Waals surface area contributed by atoms with Gasteiger partial charge in [0.05, 0.1) is 29.6 Å². The van der Waals surface area contributed by atoms with E-state index in [0.29, 0.717) is 10.0 Å². The zero-order chi connectivity index (χ0) is 18.8. The highest BCUT2D eigenvalue weighted by Crippen LogP contribution is 2.41. The van der Waals surface area contributed by atoms with Gasteiger partial charge in [-0.25, -0.2) is 0 Å². The van der Waals surface area contributed by atoms with Crippen LogP contribution in [0.1, 0.15) is 23.6 Å². The average Bonchev–Trinajstić information content (AvgIpc) is 3.13. The smallest absolute Gasteiger partial charge is 0.127 e. The fraction of sp³-hybridized carbons (Fsp3) is 0.136. The van der Waals surface area contributed by atoms with Gasteiger partial charge in [0, 0.05) is 17.0 Å². The maximum absolute atomic E-state index is 6.48. The molecule has 1 unspecified atom stereocenters. The second kappa shape index (κ2) is 7.63. The fourth-order valence-electron chi connectivity index (χ4n) is 3.39. The number of hydrazone groups is 1. The molecule has 0 fully saturated rings. The molecule has 0 N–H and O–H groups in total. The molecule has 4 rings (SSSR count). The molecular weight excluding hydrogens is 379 g/mol. The Morgan fingerprint density at radius 2 is 1.74 bits per heavy atom. The first kappa shape index (κ1) is 17.9. The Morgan fingerprint density at radius 1 is 0.963 bits per heavy atom. The Hall–Kier alpha value is -2.49. The van der Waals surface area contributed by atoms with E-state index < -0.39 is 0 Å². The van der Waals surface area contributed by atoms with Gasteiger partial charge in [0.15, 0.2) is 0 Å². The standard InChI is InChI=1S/C22H18Cl2N2O/c1-27-22-12-5-2-9-17(22)19-14-21(15-7-6-8-16(23)13-15)26(25-19)20-11-4-3-10-18(20)24/h2-13,21H,14H2,1H3. The van der Waals surface area contributed by atoms with E-state index >= 15 is 0 Å². The van der Waals surface area contributed by atoms with Crippen molar-refractivity contribution >= 4 is 34.6 Å². The van der Waals surface area contributed by atoms with Gasteiger partial charge in [-0.2, -0.15) is 5.10 Å². The molecule has 27 heavy (non-hydrogen) atoms. The van der Waals surface area contributed by atoms with Crippen LogP contribution in [0.5, 0.6) is 5.75 Å². The molecule has 3 aromatic carbocycles. The minimum absolute atomic E-state index is 0.00325. The van der Waals surface area contributed by atoms with Gasteiger partial charge < -0.3 is 4.74 Å². The van der Waals surface area contributed by atoms with Gasteiger partial charge in [-0.3, -0.25) is 5.01 Å². The largest absolute Gasteiger partial charge is 0.496 e. The van der Waals surface area contributed by atoms with Crippen molar-refractivity contribution in [2.75, 3.05) is 12.1 Å². The first-order valence-electron chi connectivity index (χ1n) is 8.67. The Labute approximate surface area is 168 Å². The third-order valence-electron chi connectivity index (χ3n) is 4.66. The summed E-state index contributed by atoms with van der Waals surface area (Å²) < 4.78 is 5.54. The lowest BCUT2D eigenvalue weighted by Gasteiger charge is -2.25. The normalized spacial score (nSPS) is 16.3. The summed E-state index contributed by atoms with van der Waals surface area (Å²) in [6, 6.07) is 23.6. The summed E-state index contributed by atoms with van der Waals surface area (Å²) in [6.07, 6.45) is 0.728. The van der Waals surface area contributed by atoms with Gasteiger partial charge in [-0.15, -0.1) is 0 Å². The van der Waals surface area contributed by atoms with E-state index in [2.05, 4.69) is 6.07 Å². The maximum atomic E-state index is 6.48. The summed E-state index contributed by atoms with van der Waals surface area (Å²) in [7, 11) is 1.68. The number of ether oxygens (including phenoxy) is 1. The molecule has 0 amide bonds. The van der Waals surface area contributed by atoms with Crippen molar-refractivity contribution in [3.8, 4) is 5.75 Å². The topological polar surface area (TPSA) is 24.8 Å². The second-order valence-corrected chi connectivity index (χ2v) is 7.16. The molecule has 3 aromatic rings. The van der Waals surface area contributed by atoms with Crippen LogP contribution in [0.3, 0.4) is 0 Å². The minimum atomic E-state index is 0.00325. The molecule has 5 heteroatoms. The number of benzene rings is 3. The third-order valence-corrected chi connectivity index (χ3v) is 5.22. The van der Waals surface area contributed by atoms with Crippen molar-refractivity contribution in [3.05, 3.63) is 94.0 Å². The number of nitrogens with zero attached hydrogens (tertiary/aromatic N) is 2. The van der Waals surface area contributed by atoms with Gasteiger partial charge in [0.1, 0.15) is 5.75 Å². The van der Waals surface area contributed by atoms with Crippen LogP contribution in [0, 0.1) is 0 Å². The number of hydrogen-bond acceptors (Lipinski definition) is 3. The number of rotatable bonds is 4. The zero-order valence-corrected chi connectivity index (χ0v) is 16.3. The van der Waals surface area contributed by atoms with Crippen LogP contribution in [0.15, 0.2) is 77.9 Å². The van der Waals surface area contributed by atoms with Crippen LogP contribution < -0.4 is 9.75 Å². The van der Waals surface area contributed by atoms with Gasteiger partial charge in [0.2, 0.25) is 0 Å². The molecule has 0 saturated heterocycles. The predicted octanol–water partition coefficient (Wildman–Crippen LogP) is 6.36. The summed E-state index contributed by atoms with van der Waals surface area (Å²) in [6.45, 7) is 0. The minimum Gasteiger partial charge on any atom is -0.496 e. The molecule has 0 saturated carbocycles. The molecule has 0 aliphatic carbocycles. The Kier molecular flexibility index (Phi) is 5.06. The molecule has 0 radical (unpaired) electrons. The van der Waals surface area contributed by atoms with Crippen LogP contribution in [0.25, 0.3) is 0 Å². The Balaban J connectivity index is 1.82. The fourth-order valence-corrected chi connectivity index (χ4v) is 3.81. The highest BCUT2D eigenvalue weighted by Gasteiger charge is 2.32. The first-order chi connectivity index (χ1) is 13.2. The lowest BCUT2D eigenvalue weighted by molar-refractivity contribution is 0.414. The molecule has 1 aliphatic rings. The maximum Gasteiger partial charge on any atom is 0.127 e. The van der Waals surface area contributed by atoms with Crippen molar-refractivity contribution in [3.63, 3.8) is 0 Å². The molecule has 0 aromatic heterocycles. The highest BCUT2D eigenvalue weighted by atomic mass is 35.5. The molecule has 1 heterocycles. The molecule has 3 nitrogen and oxygen atoms in total. The summed E-state index contributed by atoms with van der Waals surface area (Å²) in [5.41, 5.74) is 3.91. The number of hydrogen-bond donors (Lipinski definition) is 0. The molecular formula is C22H18Cl2N2O. The number of methoxy groups -OCH3 is 1. The van der Waals surface area contributed by atoms with Crippen molar-refractivity contribution in [1.29, 1.82) is 0 Å². The van der Waals surface area contributed by atoms with Crippen LogP contribution in [-0.4, -0.2) is 12.8 Å². The van der Waals surface area contributed by atoms with Crippen LogP contribution in [0.2, 0.25) is 10.0 Å². The van der Waals surface area contributed by atoms with Gasteiger partial charge in [-0.05, 0) is 42.0 Å². The Morgan fingerprint density at radius 3 is 2.52 bits per heavy atom. The molecule has 1 atom stereocenters. The molecule has 136 valence electrons. The van der Waals surface area contributed by atoms with Gasteiger partial charge in [-0.1, -0.05) is 59.6 Å². The summed E-state index contributed by atoms with van der Waals surface area (Å²) in [5.74, 6) is 0.808. The van der Waals surface area contributed by atoms with Crippen molar-refractivity contribution < 1.29 is 4.74 Å². The van der Waals surface area contributed by atoms with E-state index in [1.165, 1.54) is 0 Å². The van der Waals surface area contributed by atoms with E-state index in [1.807, 2.05) is 71.7 Å². The summed E-state index contributed by atoms with van der Waals surface area (Å²) in [5, 5.41) is 8.28. The summed E-state index contributed by atoms with van der Waals surface area (Å²) in [4.78, 5) is 0. The second-order valence-electron chi connectivity index (χ2n) is 6.32. The lowest BCUT2D eigenvalue weighted by atomic mass is 9.97. The SMILES string of the molecule is COc1ccccc1C1=NN(c2ccccc2Cl)C(c2cccc(Cl)c2)C1. The van der Waals surface area contributed by atoms with Crippen LogP contribution in [-0.2, 0) is 0 Å². The third kappa shape index (κ3) is 3.53. The van der Waals surface area contributed by atoms with Crippen molar-refractivity contribution in [1.82, 2.24) is 0 Å². The number of halogens is 2. The van der Waals surface area contributed by atoms with Crippen molar-refractivity contribution in [2.24, 2.45) is 5.10 Å². The van der Waals surface area contributed by atoms with Crippen molar-refractivity contribution in [2.45, 2.75) is 12.5 Å². The van der Waals surface area contributed by atoms with Crippen LogP contribution in [0.4, 0.5) is 5.69 Å².